The summed E-state index contributed by atoms with van der Waals surface area (Å²) in [5.74, 6) is -0.325. The van der Waals surface area contributed by atoms with Crippen LogP contribution in [0.5, 0.6) is 0 Å². The van der Waals surface area contributed by atoms with Crippen LogP contribution < -0.4 is 4.78 Å². The van der Waals surface area contributed by atoms with Crippen molar-refractivity contribution in [2.45, 2.75) is 0 Å². The van der Waals surface area contributed by atoms with Gasteiger partial charge in [0.15, 0.2) is 0 Å². The highest BCUT2D eigenvalue weighted by Gasteiger charge is 2.15. The summed E-state index contributed by atoms with van der Waals surface area (Å²) in [6, 6.07) is 6.26. The lowest BCUT2D eigenvalue weighted by Gasteiger charge is -1.88. The minimum Gasteiger partial charge on any atom is -0.423 e. The molecule has 1 heterocycles. The Morgan fingerprint density at radius 3 is 2.69 bits per heavy atom. The Hall–Kier alpha value is -0.905. The van der Waals surface area contributed by atoms with Crippen LogP contribution in [0.3, 0.4) is 0 Å². The van der Waals surface area contributed by atoms with Gasteiger partial charge in [0.05, 0.1) is 4.70 Å². The average molecular weight is 196 g/mol. The molecule has 0 unspecified atom stereocenters. The van der Waals surface area contributed by atoms with Gasteiger partial charge in [0.1, 0.15) is 5.82 Å². The quantitative estimate of drug-likeness (QED) is 0.659. The fraction of sp³-hybridized carbons (Fsp3) is 0. The first-order chi connectivity index (χ1) is 6.18. The van der Waals surface area contributed by atoms with Crippen molar-refractivity contribution >= 4 is 33.3 Å². The van der Waals surface area contributed by atoms with E-state index in [-0.39, 0.29) is 5.82 Å². The van der Waals surface area contributed by atoms with Gasteiger partial charge in [-0.2, -0.15) is 0 Å². The number of rotatable bonds is 1. The van der Waals surface area contributed by atoms with E-state index in [0.29, 0.717) is 14.9 Å². The Bertz CT molecular complexity index is 441. The second-order valence-electron chi connectivity index (χ2n) is 2.68. The smallest absolute Gasteiger partial charge is 0.423 e. The number of hydrogen-bond donors (Lipinski definition) is 2. The highest BCUT2D eigenvalue weighted by Crippen LogP contribution is 2.21. The molecule has 0 aliphatic rings. The van der Waals surface area contributed by atoms with Crippen molar-refractivity contribution in [2.24, 2.45) is 0 Å². The maximum Gasteiger partial charge on any atom is 0.499 e. The van der Waals surface area contributed by atoms with Gasteiger partial charge < -0.3 is 10.0 Å². The van der Waals surface area contributed by atoms with Crippen molar-refractivity contribution in [2.75, 3.05) is 0 Å². The van der Waals surface area contributed by atoms with E-state index in [1.54, 1.807) is 18.2 Å². The normalized spacial score (nSPS) is 10.7. The fourth-order valence-electron chi connectivity index (χ4n) is 1.17. The van der Waals surface area contributed by atoms with Crippen LogP contribution in [-0.2, 0) is 0 Å². The van der Waals surface area contributed by atoms with E-state index in [1.165, 1.54) is 6.07 Å². The van der Waals surface area contributed by atoms with Gasteiger partial charge in [0.25, 0.3) is 0 Å². The number of thiophene rings is 1. The average Bonchev–Trinajstić information content (AvgIpc) is 2.49. The second kappa shape index (κ2) is 3.10. The molecule has 0 fully saturated rings. The third-order valence-corrected chi connectivity index (χ3v) is 2.97. The molecule has 2 nitrogen and oxygen atoms in total. The third-order valence-electron chi connectivity index (χ3n) is 1.77. The van der Waals surface area contributed by atoms with Gasteiger partial charge in [-0.3, -0.25) is 0 Å². The van der Waals surface area contributed by atoms with Gasteiger partial charge in [-0.1, -0.05) is 12.1 Å². The van der Waals surface area contributed by atoms with Crippen LogP contribution in [0.25, 0.3) is 10.1 Å². The first-order valence-corrected chi connectivity index (χ1v) is 4.54. The van der Waals surface area contributed by atoms with Crippen molar-refractivity contribution in [1.82, 2.24) is 0 Å². The number of benzene rings is 1. The summed E-state index contributed by atoms with van der Waals surface area (Å²) in [4.78, 5) is 0. The molecule has 2 aromatic rings. The lowest BCUT2D eigenvalue weighted by molar-refractivity contribution is 0.427. The van der Waals surface area contributed by atoms with Gasteiger partial charge in [-0.25, -0.2) is 4.39 Å². The van der Waals surface area contributed by atoms with Gasteiger partial charge >= 0.3 is 7.12 Å². The minimum atomic E-state index is -1.52. The molecule has 13 heavy (non-hydrogen) atoms. The summed E-state index contributed by atoms with van der Waals surface area (Å²) < 4.78 is 13.9. The van der Waals surface area contributed by atoms with E-state index in [9.17, 15) is 4.39 Å². The molecule has 0 saturated heterocycles. The van der Waals surface area contributed by atoms with Crippen LogP contribution in [0.4, 0.5) is 4.39 Å². The van der Waals surface area contributed by atoms with Crippen LogP contribution >= 0.6 is 11.3 Å². The Balaban J connectivity index is 2.68. The molecule has 5 heteroatoms. The monoisotopic (exact) mass is 196 g/mol. The van der Waals surface area contributed by atoms with Crippen molar-refractivity contribution in [1.29, 1.82) is 0 Å². The molecule has 1 aromatic heterocycles. The molecule has 0 saturated carbocycles. The lowest BCUT2D eigenvalue weighted by atomic mass is 9.89. The summed E-state index contributed by atoms with van der Waals surface area (Å²) in [7, 11) is -1.52. The number of halogens is 1. The van der Waals surface area contributed by atoms with E-state index in [2.05, 4.69) is 0 Å². The summed E-state index contributed by atoms with van der Waals surface area (Å²) in [6.07, 6.45) is 0. The Labute approximate surface area is 78.4 Å². The molecule has 66 valence electrons. The zero-order valence-corrected chi connectivity index (χ0v) is 7.38. The zero-order valence-electron chi connectivity index (χ0n) is 6.57. The third kappa shape index (κ3) is 1.46. The van der Waals surface area contributed by atoms with Crippen molar-refractivity contribution < 1.29 is 14.4 Å². The molecule has 2 rings (SSSR count). The molecule has 0 amide bonds. The summed E-state index contributed by atoms with van der Waals surface area (Å²) in [5, 5.41) is 18.4. The maximum atomic E-state index is 13.1. The number of hydrogen-bond acceptors (Lipinski definition) is 3. The Morgan fingerprint density at radius 1 is 1.31 bits per heavy atom. The van der Waals surface area contributed by atoms with Crippen LogP contribution in [0.2, 0.25) is 0 Å². The Kier molecular flexibility index (Phi) is 2.07. The van der Waals surface area contributed by atoms with Gasteiger partial charge in [-0.15, -0.1) is 11.3 Å². The molecule has 0 bridgehead atoms. The van der Waals surface area contributed by atoms with Gasteiger partial charge in [0, 0.05) is 4.78 Å². The lowest BCUT2D eigenvalue weighted by Crippen LogP contribution is -2.26. The molecule has 2 N–H and O–H groups in total. The first-order valence-electron chi connectivity index (χ1n) is 3.72. The van der Waals surface area contributed by atoms with Crippen molar-refractivity contribution in [3.63, 3.8) is 0 Å². The van der Waals surface area contributed by atoms with E-state index in [0.717, 1.165) is 11.3 Å². The predicted molar refractivity (Wildman–Crippen MR) is 51.6 cm³/mol. The fourth-order valence-corrected chi connectivity index (χ4v) is 2.11. The first kappa shape index (κ1) is 8.68. The molecular weight excluding hydrogens is 190 g/mol. The molecule has 0 spiro atoms. The predicted octanol–water partition coefficient (Wildman–Crippen LogP) is 0.720. The van der Waals surface area contributed by atoms with E-state index < -0.39 is 7.12 Å². The highest BCUT2D eigenvalue weighted by molar-refractivity contribution is 7.27. The SMILES string of the molecule is OB(O)c1cc2cccc(F)c2s1. The summed E-state index contributed by atoms with van der Waals surface area (Å²) in [5.41, 5.74) is 0. The number of fused-ring (bicyclic) bond motifs is 1. The molecule has 1 aromatic carbocycles. The molecular formula is C8H6BFO2S. The molecule has 0 atom stereocenters. The van der Waals surface area contributed by atoms with Crippen LogP contribution in [0, 0.1) is 5.82 Å². The van der Waals surface area contributed by atoms with E-state index in [1.807, 2.05) is 0 Å². The topological polar surface area (TPSA) is 40.5 Å². The van der Waals surface area contributed by atoms with Crippen LogP contribution in [0.15, 0.2) is 24.3 Å². The standard InChI is InChI=1S/C8H6BFO2S/c10-6-3-1-2-5-4-7(9(11)12)13-8(5)6/h1-4,11-12H. The van der Waals surface area contributed by atoms with E-state index >= 15 is 0 Å². The molecule has 0 radical (unpaired) electrons. The molecule has 0 aliphatic carbocycles. The van der Waals surface area contributed by atoms with Crippen LogP contribution in [-0.4, -0.2) is 17.2 Å². The zero-order chi connectivity index (χ0) is 9.42. The summed E-state index contributed by atoms with van der Waals surface area (Å²) in [6.45, 7) is 0. The minimum absolute atomic E-state index is 0.325. The highest BCUT2D eigenvalue weighted by atomic mass is 32.1. The summed E-state index contributed by atoms with van der Waals surface area (Å²) >= 11 is 1.06. The van der Waals surface area contributed by atoms with Crippen molar-refractivity contribution in [3.05, 3.63) is 30.1 Å². The van der Waals surface area contributed by atoms with Crippen LogP contribution in [0.1, 0.15) is 0 Å². The maximum absolute atomic E-state index is 13.1. The van der Waals surface area contributed by atoms with Crippen molar-refractivity contribution in [3.8, 4) is 0 Å². The van der Waals surface area contributed by atoms with E-state index in [4.69, 9.17) is 10.0 Å². The largest absolute Gasteiger partial charge is 0.499 e. The second-order valence-corrected chi connectivity index (χ2v) is 3.76. The Morgan fingerprint density at radius 2 is 2.08 bits per heavy atom. The van der Waals surface area contributed by atoms with Gasteiger partial charge in [-0.05, 0) is 17.5 Å². The molecule has 0 aliphatic heterocycles. The van der Waals surface area contributed by atoms with Gasteiger partial charge in [0.2, 0.25) is 0 Å².